The van der Waals surface area contributed by atoms with E-state index in [4.69, 9.17) is 4.74 Å². The minimum atomic E-state index is -0.860. The number of aromatic hydroxyl groups is 1. The van der Waals surface area contributed by atoms with Gasteiger partial charge in [-0.15, -0.1) is 0 Å². The molecule has 1 saturated carbocycles. The van der Waals surface area contributed by atoms with E-state index in [-0.39, 0.29) is 17.1 Å². The first kappa shape index (κ1) is 18.3. The Hall–Kier alpha value is -2.78. The third kappa shape index (κ3) is 3.10. The van der Waals surface area contributed by atoms with Crippen LogP contribution in [0.5, 0.6) is 5.75 Å². The van der Waals surface area contributed by atoms with Crippen molar-refractivity contribution in [3.05, 3.63) is 45.8 Å². The molecule has 1 aliphatic carbocycles. The number of ether oxygens (including phenoxy) is 1. The second-order valence-corrected chi connectivity index (χ2v) is 7.51. The van der Waals surface area contributed by atoms with Gasteiger partial charge in [-0.1, -0.05) is 6.07 Å². The minimum absolute atomic E-state index is 0.134. The maximum atomic E-state index is 14.3. The highest BCUT2D eigenvalue weighted by Gasteiger charge is 2.31. The van der Waals surface area contributed by atoms with Crippen molar-refractivity contribution in [3.63, 3.8) is 0 Å². The van der Waals surface area contributed by atoms with Crippen LogP contribution in [0, 0.1) is 11.6 Å². The van der Waals surface area contributed by atoms with Crippen molar-refractivity contribution in [2.45, 2.75) is 25.4 Å². The van der Waals surface area contributed by atoms with Crippen molar-refractivity contribution >= 4 is 11.0 Å². The van der Waals surface area contributed by atoms with Crippen LogP contribution >= 0.6 is 0 Å². The molecule has 1 aromatic carbocycles. The smallest absolute Gasteiger partial charge is 0.235 e. The lowest BCUT2D eigenvalue weighted by Crippen LogP contribution is -2.36. The van der Waals surface area contributed by atoms with Crippen LogP contribution in [0.4, 0.5) is 8.78 Å². The fourth-order valence-electron chi connectivity index (χ4n) is 3.83. The third-order valence-corrected chi connectivity index (χ3v) is 5.49. The summed E-state index contributed by atoms with van der Waals surface area (Å²) in [7, 11) is 0. The highest BCUT2D eigenvalue weighted by atomic mass is 19.1. The Kier molecular flexibility index (Phi) is 4.36. The number of pyridine rings is 1. The Balaban J connectivity index is 1.70. The van der Waals surface area contributed by atoms with Crippen LogP contribution in [0.15, 0.2) is 23.0 Å². The predicted molar refractivity (Wildman–Crippen MR) is 102 cm³/mol. The fraction of sp³-hybridized carbons (Fsp3) is 0.400. The van der Waals surface area contributed by atoms with Gasteiger partial charge < -0.3 is 14.8 Å². The van der Waals surface area contributed by atoms with Gasteiger partial charge in [-0.25, -0.2) is 13.5 Å². The summed E-state index contributed by atoms with van der Waals surface area (Å²) in [6, 6.07) is 3.54. The molecule has 0 atom stereocenters. The summed E-state index contributed by atoms with van der Waals surface area (Å²) in [5.41, 5.74) is -0.464. The lowest BCUT2D eigenvalue weighted by Gasteiger charge is -2.25. The van der Waals surface area contributed by atoms with Crippen LogP contribution in [0.25, 0.3) is 22.3 Å². The molecule has 2 aromatic heterocycles. The Bertz CT molecular complexity index is 1130. The van der Waals surface area contributed by atoms with Crippen LogP contribution in [0.3, 0.4) is 0 Å². The Labute approximate surface area is 164 Å². The van der Waals surface area contributed by atoms with Gasteiger partial charge in [0.25, 0.3) is 0 Å². The number of aromatic amines is 1. The van der Waals surface area contributed by atoms with E-state index in [1.54, 1.807) is 4.68 Å². The first-order valence-corrected chi connectivity index (χ1v) is 9.65. The molecule has 3 heterocycles. The van der Waals surface area contributed by atoms with E-state index in [1.807, 2.05) is 0 Å². The molecule has 152 valence electrons. The number of benzene rings is 1. The molecular formula is C20H20F2N4O3. The van der Waals surface area contributed by atoms with E-state index in [2.05, 4.69) is 15.0 Å². The van der Waals surface area contributed by atoms with Gasteiger partial charge in [-0.2, -0.15) is 5.10 Å². The maximum Gasteiger partial charge on any atom is 0.235 e. The highest BCUT2D eigenvalue weighted by molar-refractivity contribution is 5.85. The third-order valence-electron chi connectivity index (χ3n) is 5.49. The molecule has 2 aliphatic rings. The molecule has 0 unspecified atom stereocenters. The van der Waals surface area contributed by atoms with Crippen molar-refractivity contribution in [2.24, 2.45) is 0 Å². The first-order valence-electron chi connectivity index (χ1n) is 9.65. The summed E-state index contributed by atoms with van der Waals surface area (Å²) in [4.78, 5) is 18.1. The minimum Gasteiger partial charge on any atom is -0.503 e. The zero-order valence-electron chi connectivity index (χ0n) is 15.6. The quantitative estimate of drug-likeness (QED) is 0.701. The molecule has 9 heteroatoms. The lowest BCUT2D eigenvalue weighted by molar-refractivity contribution is 0.0337. The normalized spacial score (nSPS) is 17.9. The van der Waals surface area contributed by atoms with E-state index in [0.29, 0.717) is 31.1 Å². The second-order valence-electron chi connectivity index (χ2n) is 7.51. The summed E-state index contributed by atoms with van der Waals surface area (Å²) < 4.78 is 35.7. The van der Waals surface area contributed by atoms with Crippen LogP contribution in [-0.2, 0) is 11.3 Å². The van der Waals surface area contributed by atoms with Gasteiger partial charge >= 0.3 is 0 Å². The monoisotopic (exact) mass is 402 g/mol. The summed E-state index contributed by atoms with van der Waals surface area (Å²) in [6.45, 7) is 3.11. The summed E-state index contributed by atoms with van der Waals surface area (Å²) >= 11 is 0. The molecule has 0 radical (unpaired) electrons. The average Bonchev–Trinajstić information content (AvgIpc) is 3.49. The van der Waals surface area contributed by atoms with Crippen molar-refractivity contribution in [2.75, 3.05) is 26.3 Å². The Morgan fingerprint density at radius 2 is 1.90 bits per heavy atom. The summed E-state index contributed by atoms with van der Waals surface area (Å²) in [5.74, 6) is -2.43. The average molecular weight is 402 g/mol. The molecule has 1 saturated heterocycles. The number of H-pyrrole nitrogens is 1. The highest BCUT2D eigenvalue weighted by Crippen LogP contribution is 2.38. The van der Waals surface area contributed by atoms with Gasteiger partial charge in [0.05, 0.1) is 41.6 Å². The van der Waals surface area contributed by atoms with Gasteiger partial charge in [0.1, 0.15) is 17.3 Å². The van der Waals surface area contributed by atoms with Gasteiger partial charge in [0.15, 0.2) is 5.75 Å². The van der Waals surface area contributed by atoms with Crippen molar-refractivity contribution in [1.29, 1.82) is 0 Å². The van der Waals surface area contributed by atoms with Crippen LogP contribution in [0.1, 0.15) is 24.6 Å². The van der Waals surface area contributed by atoms with Gasteiger partial charge in [0.2, 0.25) is 5.43 Å². The Morgan fingerprint density at radius 3 is 2.55 bits per heavy atom. The molecule has 0 bridgehead atoms. The van der Waals surface area contributed by atoms with Crippen LogP contribution < -0.4 is 5.43 Å². The number of hydrogen-bond acceptors (Lipinski definition) is 5. The second kappa shape index (κ2) is 6.93. The van der Waals surface area contributed by atoms with E-state index < -0.39 is 28.4 Å². The number of fused-ring (bicyclic) bond motifs is 1. The van der Waals surface area contributed by atoms with E-state index >= 15 is 0 Å². The summed E-state index contributed by atoms with van der Waals surface area (Å²) in [6.07, 6.45) is 1.83. The molecule has 29 heavy (non-hydrogen) atoms. The predicted octanol–water partition coefficient (Wildman–Crippen LogP) is 2.54. The van der Waals surface area contributed by atoms with E-state index in [1.165, 1.54) is 6.07 Å². The molecule has 3 aromatic rings. The number of rotatable bonds is 4. The van der Waals surface area contributed by atoms with Crippen molar-refractivity contribution < 1.29 is 18.6 Å². The SMILES string of the molecule is O=c1c(O)c(-c2c(F)cccc2F)[nH]c2c1c(CN1CCOCC1)nn2C1CC1. The topological polar surface area (TPSA) is 83.4 Å². The zero-order chi connectivity index (χ0) is 20.1. The molecule has 2 N–H and O–H groups in total. The van der Waals surface area contributed by atoms with Crippen LogP contribution in [0.2, 0.25) is 0 Å². The standard InChI is InChI=1S/C20H20F2N4O3/c21-12-2-1-3-13(22)15(12)17-19(28)18(27)16-14(10-25-6-8-29-9-7-25)24-26(11-4-5-11)20(16)23-17/h1-3,11,28H,4-10H2,(H,23,27). The molecule has 2 fully saturated rings. The molecule has 7 nitrogen and oxygen atoms in total. The zero-order valence-corrected chi connectivity index (χ0v) is 15.6. The number of halogens is 2. The van der Waals surface area contributed by atoms with E-state index in [9.17, 15) is 18.7 Å². The molecule has 0 amide bonds. The number of nitrogens with zero attached hydrogens (tertiary/aromatic N) is 3. The number of aromatic nitrogens is 3. The fourth-order valence-corrected chi connectivity index (χ4v) is 3.83. The van der Waals surface area contributed by atoms with Gasteiger partial charge in [0, 0.05) is 19.6 Å². The Morgan fingerprint density at radius 1 is 1.21 bits per heavy atom. The molecular weight excluding hydrogens is 382 g/mol. The summed E-state index contributed by atoms with van der Waals surface area (Å²) in [5, 5.41) is 15.4. The molecule has 5 rings (SSSR count). The number of nitrogens with one attached hydrogen (secondary N) is 1. The van der Waals surface area contributed by atoms with Crippen LogP contribution in [-0.4, -0.2) is 51.1 Å². The van der Waals surface area contributed by atoms with E-state index in [0.717, 1.165) is 38.1 Å². The maximum absolute atomic E-state index is 14.3. The van der Waals surface area contributed by atoms with Gasteiger partial charge in [-0.3, -0.25) is 9.69 Å². The number of hydrogen-bond donors (Lipinski definition) is 2. The van der Waals surface area contributed by atoms with Crippen molar-refractivity contribution in [3.8, 4) is 17.0 Å². The molecule has 1 aliphatic heterocycles. The number of morpholine rings is 1. The van der Waals surface area contributed by atoms with Gasteiger partial charge in [-0.05, 0) is 25.0 Å². The molecule has 0 spiro atoms. The first-order chi connectivity index (χ1) is 14.0. The van der Waals surface area contributed by atoms with Crippen molar-refractivity contribution in [1.82, 2.24) is 19.7 Å². The largest absolute Gasteiger partial charge is 0.503 e. The lowest BCUT2D eigenvalue weighted by atomic mass is 10.1.